The summed E-state index contributed by atoms with van der Waals surface area (Å²) >= 11 is 0. The van der Waals surface area contributed by atoms with Crippen molar-refractivity contribution in [3.05, 3.63) is 68.6 Å². The Balaban J connectivity index is 1.69. The van der Waals surface area contributed by atoms with Crippen molar-refractivity contribution in [3.8, 4) is 0 Å². The zero-order valence-corrected chi connectivity index (χ0v) is 17.4. The Morgan fingerprint density at radius 1 is 1.07 bits per heavy atom. The second kappa shape index (κ2) is 6.97. The van der Waals surface area contributed by atoms with Crippen molar-refractivity contribution in [1.82, 2.24) is 10.3 Å². The Kier molecular flexibility index (Phi) is 4.72. The van der Waals surface area contributed by atoms with Gasteiger partial charge in [0.25, 0.3) is 11.5 Å². The predicted octanol–water partition coefficient (Wildman–Crippen LogP) is 4.04. The van der Waals surface area contributed by atoms with Gasteiger partial charge in [0.15, 0.2) is 5.78 Å². The molecule has 1 heterocycles. The van der Waals surface area contributed by atoms with Crippen molar-refractivity contribution in [2.24, 2.45) is 5.41 Å². The van der Waals surface area contributed by atoms with Crippen LogP contribution in [0, 0.1) is 12.3 Å². The van der Waals surface area contributed by atoms with Crippen molar-refractivity contribution in [1.29, 1.82) is 0 Å². The molecule has 5 heteroatoms. The van der Waals surface area contributed by atoms with E-state index in [2.05, 4.69) is 16.4 Å². The Morgan fingerprint density at radius 3 is 2.48 bits per heavy atom. The van der Waals surface area contributed by atoms with Crippen LogP contribution in [0.15, 0.2) is 35.1 Å². The first-order valence-electron chi connectivity index (χ1n) is 10.4. The van der Waals surface area contributed by atoms with Gasteiger partial charge in [-0.3, -0.25) is 14.4 Å². The van der Waals surface area contributed by atoms with Crippen molar-refractivity contribution in [2.75, 3.05) is 0 Å². The van der Waals surface area contributed by atoms with Crippen LogP contribution in [-0.2, 0) is 12.0 Å². The van der Waals surface area contributed by atoms with Crippen molar-refractivity contribution in [3.63, 3.8) is 0 Å². The summed E-state index contributed by atoms with van der Waals surface area (Å²) in [5.74, 6) is -0.425. The summed E-state index contributed by atoms with van der Waals surface area (Å²) in [5.41, 5.74) is 2.29. The van der Waals surface area contributed by atoms with Gasteiger partial charge in [-0.25, -0.2) is 0 Å². The molecule has 152 valence electrons. The highest BCUT2D eigenvalue weighted by molar-refractivity contribution is 6.02. The Hall–Kier alpha value is -2.69. The van der Waals surface area contributed by atoms with Gasteiger partial charge in [0.1, 0.15) is 5.56 Å². The molecule has 5 nitrogen and oxygen atoms in total. The smallest absolute Gasteiger partial charge is 0.261 e. The molecule has 0 aliphatic heterocycles. The van der Waals surface area contributed by atoms with E-state index >= 15 is 0 Å². The number of Topliss-reactive ketones (excluding diaryl/α,β-unsaturated/α-hetero) is 1. The molecular weight excluding hydrogens is 364 g/mol. The number of carbonyl (C=O) groups excluding carboxylic acids is 2. The monoisotopic (exact) mass is 392 g/mol. The number of nitrogens with one attached hydrogen (secondary N) is 2. The van der Waals surface area contributed by atoms with E-state index in [1.807, 2.05) is 39.0 Å². The summed E-state index contributed by atoms with van der Waals surface area (Å²) in [6.07, 6.45) is 4.79. The van der Waals surface area contributed by atoms with Gasteiger partial charge < -0.3 is 10.3 Å². The van der Waals surface area contributed by atoms with Gasteiger partial charge in [0.05, 0.1) is 5.54 Å². The molecule has 0 saturated heterocycles. The fraction of sp³-hybridized carbons (Fsp3) is 0.458. The van der Waals surface area contributed by atoms with Gasteiger partial charge in [-0.2, -0.15) is 0 Å². The summed E-state index contributed by atoms with van der Waals surface area (Å²) in [6.45, 7) is 6.06. The van der Waals surface area contributed by atoms with Crippen LogP contribution in [-0.4, -0.2) is 16.7 Å². The third kappa shape index (κ3) is 3.66. The molecule has 1 saturated carbocycles. The number of hydrogen-bond donors (Lipinski definition) is 2. The number of H-pyrrole nitrogens is 1. The van der Waals surface area contributed by atoms with Crippen LogP contribution >= 0.6 is 0 Å². The van der Waals surface area contributed by atoms with Gasteiger partial charge in [-0.05, 0) is 43.2 Å². The maximum absolute atomic E-state index is 13.2. The number of aromatic amines is 1. The van der Waals surface area contributed by atoms with Gasteiger partial charge in [-0.1, -0.05) is 56.5 Å². The summed E-state index contributed by atoms with van der Waals surface area (Å²) < 4.78 is 0. The molecule has 0 bridgehead atoms. The Bertz CT molecular complexity index is 1040. The number of aryl methyl sites for hydroxylation is 1. The summed E-state index contributed by atoms with van der Waals surface area (Å²) in [7, 11) is 0. The fourth-order valence-corrected chi connectivity index (χ4v) is 4.89. The Labute approximate surface area is 170 Å². The third-order valence-corrected chi connectivity index (χ3v) is 6.34. The molecule has 1 amide bonds. The first-order valence-corrected chi connectivity index (χ1v) is 10.4. The molecule has 4 rings (SSSR count). The summed E-state index contributed by atoms with van der Waals surface area (Å²) in [4.78, 5) is 41.3. The Morgan fingerprint density at radius 2 is 1.79 bits per heavy atom. The standard InChI is InChI=1S/C24H28N2O3/c1-15-7-6-8-16(11-15)24(9-4-5-10-24)26-22(29)18-12-17-19(25-21(18)28)13-23(2,3)14-20(17)27/h6-8,11-12H,4-5,9-10,13-14H2,1-3H3,(H,25,28)(H,26,29). The second-order valence-electron chi connectivity index (χ2n) is 9.46. The van der Waals surface area contributed by atoms with E-state index < -0.39 is 17.0 Å². The van der Waals surface area contributed by atoms with E-state index in [4.69, 9.17) is 0 Å². The maximum Gasteiger partial charge on any atom is 0.261 e. The molecule has 2 aliphatic carbocycles. The average molecular weight is 392 g/mol. The number of rotatable bonds is 3. The van der Waals surface area contributed by atoms with E-state index in [1.54, 1.807) is 0 Å². The molecule has 0 unspecified atom stereocenters. The van der Waals surface area contributed by atoms with Crippen molar-refractivity contribution in [2.45, 2.75) is 64.8 Å². The summed E-state index contributed by atoms with van der Waals surface area (Å²) in [5, 5.41) is 3.16. The molecular formula is C24H28N2O3. The van der Waals surface area contributed by atoms with Crippen LogP contribution in [0.2, 0.25) is 0 Å². The van der Waals surface area contributed by atoms with Crippen LogP contribution in [0.1, 0.15) is 83.5 Å². The topological polar surface area (TPSA) is 79.0 Å². The van der Waals surface area contributed by atoms with Crippen LogP contribution in [0.4, 0.5) is 0 Å². The van der Waals surface area contributed by atoms with Gasteiger partial charge in [-0.15, -0.1) is 0 Å². The average Bonchev–Trinajstić information content (AvgIpc) is 3.09. The minimum atomic E-state index is -0.461. The number of amides is 1. The highest BCUT2D eigenvalue weighted by atomic mass is 16.2. The van der Waals surface area contributed by atoms with E-state index in [0.29, 0.717) is 24.1 Å². The first kappa shape index (κ1) is 19.6. The van der Waals surface area contributed by atoms with Gasteiger partial charge in [0.2, 0.25) is 0 Å². The zero-order chi connectivity index (χ0) is 20.8. The van der Waals surface area contributed by atoms with Crippen LogP contribution in [0.5, 0.6) is 0 Å². The zero-order valence-electron chi connectivity index (χ0n) is 17.4. The lowest BCUT2D eigenvalue weighted by molar-refractivity contribution is 0.0896. The number of fused-ring (bicyclic) bond motifs is 1. The van der Waals surface area contributed by atoms with Crippen molar-refractivity contribution >= 4 is 11.7 Å². The van der Waals surface area contributed by atoms with E-state index in [-0.39, 0.29) is 16.8 Å². The normalized spacial score (nSPS) is 19.6. The molecule has 0 spiro atoms. The highest BCUT2D eigenvalue weighted by Crippen LogP contribution is 2.39. The largest absolute Gasteiger partial charge is 0.342 e. The lowest BCUT2D eigenvalue weighted by Crippen LogP contribution is -2.45. The molecule has 1 aromatic carbocycles. The molecule has 1 aromatic heterocycles. The molecule has 0 radical (unpaired) electrons. The molecule has 1 fully saturated rings. The third-order valence-electron chi connectivity index (χ3n) is 6.34. The minimum Gasteiger partial charge on any atom is -0.342 e. The van der Waals surface area contributed by atoms with E-state index in [9.17, 15) is 14.4 Å². The number of aromatic nitrogens is 1. The SMILES string of the molecule is Cc1cccc(C2(NC(=O)c3cc4c([nH]c3=O)CC(C)(C)CC4=O)CCCC2)c1. The maximum atomic E-state index is 13.2. The number of carbonyl (C=O) groups is 2. The quantitative estimate of drug-likeness (QED) is 0.827. The molecule has 2 aliphatic rings. The number of benzene rings is 1. The molecule has 2 aromatic rings. The van der Waals surface area contributed by atoms with Crippen molar-refractivity contribution < 1.29 is 9.59 Å². The first-order chi connectivity index (χ1) is 13.7. The highest BCUT2D eigenvalue weighted by Gasteiger charge is 2.38. The lowest BCUT2D eigenvalue weighted by atomic mass is 9.75. The fourth-order valence-electron chi connectivity index (χ4n) is 4.89. The van der Waals surface area contributed by atoms with Gasteiger partial charge in [0, 0.05) is 17.7 Å². The number of hydrogen-bond acceptors (Lipinski definition) is 3. The minimum absolute atomic E-state index is 0.0178. The predicted molar refractivity (Wildman–Crippen MR) is 112 cm³/mol. The van der Waals surface area contributed by atoms with Crippen LogP contribution < -0.4 is 10.9 Å². The second-order valence-corrected chi connectivity index (χ2v) is 9.46. The lowest BCUT2D eigenvalue weighted by Gasteiger charge is -2.32. The van der Waals surface area contributed by atoms with Crippen LogP contribution in [0.3, 0.4) is 0 Å². The number of ketones is 1. The van der Waals surface area contributed by atoms with Crippen LogP contribution in [0.25, 0.3) is 0 Å². The van der Waals surface area contributed by atoms with E-state index in [1.165, 1.54) is 6.07 Å². The summed E-state index contributed by atoms with van der Waals surface area (Å²) in [6, 6.07) is 9.69. The van der Waals surface area contributed by atoms with Gasteiger partial charge >= 0.3 is 0 Å². The molecule has 29 heavy (non-hydrogen) atoms. The number of pyridine rings is 1. The molecule has 0 atom stereocenters. The van der Waals surface area contributed by atoms with E-state index in [0.717, 1.165) is 36.8 Å². The molecule has 2 N–H and O–H groups in total.